The summed E-state index contributed by atoms with van der Waals surface area (Å²) in [5.41, 5.74) is 4.45. The van der Waals surface area contributed by atoms with Crippen LogP contribution in [0.5, 0.6) is 0 Å². The van der Waals surface area contributed by atoms with E-state index in [1.165, 1.54) is 12.1 Å². The molecule has 30 heavy (non-hydrogen) atoms. The zero-order valence-corrected chi connectivity index (χ0v) is 17.1. The molecule has 1 unspecified atom stereocenters. The van der Waals surface area contributed by atoms with Crippen LogP contribution >= 0.6 is 0 Å². The zero-order chi connectivity index (χ0) is 20.9. The molecule has 1 aliphatic carbocycles. The summed E-state index contributed by atoms with van der Waals surface area (Å²) >= 11 is 0. The Morgan fingerprint density at radius 1 is 1.17 bits per heavy atom. The van der Waals surface area contributed by atoms with E-state index in [0.29, 0.717) is 18.8 Å². The number of rotatable bonds is 8. The van der Waals surface area contributed by atoms with Crippen LogP contribution in [-0.2, 0) is 17.6 Å². The lowest BCUT2D eigenvalue weighted by Gasteiger charge is -2.13. The first kappa shape index (κ1) is 20.3. The molecule has 0 radical (unpaired) electrons. The SMILES string of the molecule is CC(OCCCNC(=O)c1nn(-c2ccc(F)cc2)c2c1CCC2)c1ccccc1. The van der Waals surface area contributed by atoms with Gasteiger partial charge in [0.25, 0.3) is 5.91 Å². The van der Waals surface area contributed by atoms with Gasteiger partial charge in [-0.05, 0) is 62.4 Å². The third-order valence-corrected chi connectivity index (χ3v) is 5.46. The number of hydrogen-bond acceptors (Lipinski definition) is 3. The molecule has 1 heterocycles. The van der Waals surface area contributed by atoms with Crippen molar-refractivity contribution in [3.8, 4) is 5.69 Å². The molecule has 5 nitrogen and oxygen atoms in total. The highest BCUT2D eigenvalue weighted by Crippen LogP contribution is 2.28. The van der Waals surface area contributed by atoms with E-state index in [1.54, 1.807) is 16.8 Å². The molecular formula is C24H26FN3O2. The van der Waals surface area contributed by atoms with E-state index in [4.69, 9.17) is 4.74 Å². The third kappa shape index (κ3) is 4.44. The number of aromatic nitrogens is 2. The van der Waals surface area contributed by atoms with Crippen molar-refractivity contribution in [3.05, 3.63) is 82.9 Å². The molecule has 2 aromatic carbocycles. The molecule has 0 spiro atoms. The van der Waals surface area contributed by atoms with Crippen LogP contribution in [0.2, 0.25) is 0 Å². The lowest BCUT2D eigenvalue weighted by atomic mass is 10.1. The Hall–Kier alpha value is -2.99. The highest BCUT2D eigenvalue weighted by atomic mass is 19.1. The highest BCUT2D eigenvalue weighted by Gasteiger charge is 2.26. The van der Waals surface area contributed by atoms with Gasteiger partial charge in [-0.1, -0.05) is 30.3 Å². The van der Waals surface area contributed by atoms with Gasteiger partial charge in [0.2, 0.25) is 0 Å². The number of carbonyl (C=O) groups excluding carboxylic acids is 1. The Balaban J connectivity index is 1.33. The lowest BCUT2D eigenvalue weighted by Crippen LogP contribution is -2.26. The fourth-order valence-electron chi connectivity index (χ4n) is 3.85. The van der Waals surface area contributed by atoms with Crippen LogP contribution < -0.4 is 5.32 Å². The van der Waals surface area contributed by atoms with Gasteiger partial charge in [-0.25, -0.2) is 9.07 Å². The fraction of sp³-hybridized carbons (Fsp3) is 0.333. The van der Waals surface area contributed by atoms with Gasteiger partial charge in [0.1, 0.15) is 5.82 Å². The molecule has 1 aromatic heterocycles. The number of amides is 1. The predicted molar refractivity (Wildman–Crippen MR) is 113 cm³/mol. The molecule has 0 aliphatic heterocycles. The van der Waals surface area contributed by atoms with E-state index in [9.17, 15) is 9.18 Å². The quantitative estimate of drug-likeness (QED) is 0.563. The van der Waals surface area contributed by atoms with Gasteiger partial charge >= 0.3 is 0 Å². The normalized spacial score (nSPS) is 13.8. The lowest BCUT2D eigenvalue weighted by molar-refractivity contribution is 0.0634. The van der Waals surface area contributed by atoms with Crippen molar-refractivity contribution in [2.75, 3.05) is 13.2 Å². The number of halogens is 1. The predicted octanol–water partition coefficient (Wildman–Crippen LogP) is 4.40. The van der Waals surface area contributed by atoms with Crippen molar-refractivity contribution in [2.45, 2.75) is 38.7 Å². The van der Waals surface area contributed by atoms with Crippen LogP contribution in [0.3, 0.4) is 0 Å². The highest BCUT2D eigenvalue weighted by molar-refractivity contribution is 5.94. The molecule has 1 N–H and O–H groups in total. The standard InChI is InChI=1S/C24H26FN3O2/c1-17(18-7-3-2-4-8-18)30-16-6-15-26-24(29)23-21-9-5-10-22(21)28(27-23)20-13-11-19(25)12-14-20/h2-4,7-8,11-14,17H,5-6,9-10,15-16H2,1H3,(H,26,29). The second-order valence-corrected chi connectivity index (χ2v) is 7.55. The van der Waals surface area contributed by atoms with Crippen molar-refractivity contribution in [1.29, 1.82) is 0 Å². The topological polar surface area (TPSA) is 56.1 Å². The Morgan fingerprint density at radius 3 is 2.70 bits per heavy atom. The van der Waals surface area contributed by atoms with Gasteiger partial charge in [-0.2, -0.15) is 5.10 Å². The Labute approximate surface area is 175 Å². The molecule has 0 bridgehead atoms. The maximum Gasteiger partial charge on any atom is 0.272 e. The molecule has 1 atom stereocenters. The van der Waals surface area contributed by atoms with E-state index in [0.717, 1.165) is 48.2 Å². The first-order valence-corrected chi connectivity index (χ1v) is 10.4. The van der Waals surface area contributed by atoms with Crippen molar-refractivity contribution < 1.29 is 13.9 Å². The van der Waals surface area contributed by atoms with E-state index >= 15 is 0 Å². The van der Waals surface area contributed by atoms with Crippen LogP contribution in [0.15, 0.2) is 54.6 Å². The summed E-state index contributed by atoms with van der Waals surface area (Å²) in [5, 5.41) is 7.51. The van der Waals surface area contributed by atoms with E-state index in [1.807, 2.05) is 37.3 Å². The molecule has 1 aliphatic rings. The largest absolute Gasteiger partial charge is 0.374 e. The summed E-state index contributed by atoms with van der Waals surface area (Å²) in [4.78, 5) is 12.7. The summed E-state index contributed by atoms with van der Waals surface area (Å²) in [6.45, 7) is 3.12. The Morgan fingerprint density at radius 2 is 1.93 bits per heavy atom. The number of nitrogens with zero attached hydrogens (tertiary/aromatic N) is 2. The molecule has 0 saturated heterocycles. The molecule has 4 rings (SSSR count). The van der Waals surface area contributed by atoms with Gasteiger partial charge in [0.15, 0.2) is 5.69 Å². The van der Waals surface area contributed by atoms with E-state index in [-0.39, 0.29) is 17.8 Å². The number of benzene rings is 2. The first-order valence-electron chi connectivity index (χ1n) is 10.4. The number of fused-ring (bicyclic) bond motifs is 1. The minimum atomic E-state index is -0.288. The Bertz CT molecular complexity index is 999. The van der Waals surface area contributed by atoms with E-state index < -0.39 is 0 Å². The summed E-state index contributed by atoms with van der Waals surface area (Å²) in [5.74, 6) is -0.450. The molecule has 156 valence electrons. The Kier molecular flexibility index (Phi) is 6.23. The number of nitrogens with one attached hydrogen (secondary N) is 1. The van der Waals surface area contributed by atoms with Crippen molar-refractivity contribution >= 4 is 5.91 Å². The van der Waals surface area contributed by atoms with Crippen molar-refractivity contribution in [2.24, 2.45) is 0 Å². The van der Waals surface area contributed by atoms with Gasteiger partial charge in [0.05, 0.1) is 11.8 Å². The molecule has 3 aromatic rings. The maximum absolute atomic E-state index is 13.3. The summed E-state index contributed by atoms with van der Waals surface area (Å²) in [6.07, 6.45) is 3.47. The van der Waals surface area contributed by atoms with Crippen LogP contribution in [0, 0.1) is 5.82 Å². The van der Waals surface area contributed by atoms with Gasteiger partial charge < -0.3 is 10.1 Å². The molecule has 0 saturated carbocycles. The van der Waals surface area contributed by atoms with Gasteiger partial charge in [-0.3, -0.25) is 4.79 Å². The fourth-order valence-corrected chi connectivity index (χ4v) is 3.85. The maximum atomic E-state index is 13.3. The second kappa shape index (κ2) is 9.22. The summed E-state index contributed by atoms with van der Waals surface area (Å²) < 4.78 is 20.9. The van der Waals surface area contributed by atoms with Gasteiger partial charge in [0, 0.05) is 24.4 Å². The van der Waals surface area contributed by atoms with Crippen LogP contribution in [0.25, 0.3) is 5.69 Å². The van der Waals surface area contributed by atoms with Crippen LogP contribution in [0.1, 0.15) is 53.2 Å². The summed E-state index contributed by atoms with van der Waals surface area (Å²) in [6, 6.07) is 16.3. The van der Waals surface area contributed by atoms with Crippen LogP contribution in [0.4, 0.5) is 4.39 Å². The second-order valence-electron chi connectivity index (χ2n) is 7.55. The molecular weight excluding hydrogens is 381 g/mol. The number of hydrogen-bond donors (Lipinski definition) is 1. The zero-order valence-electron chi connectivity index (χ0n) is 17.1. The van der Waals surface area contributed by atoms with Gasteiger partial charge in [-0.15, -0.1) is 0 Å². The molecule has 0 fully saturated rings. The van der Waals surface area contributed by atoms with Crippen LogP contribution in [-0.4, -0.2) is 28.8 Å². The van der Waals surface area contributed by atoms with E-state index in [2.05, 4.69) is 10.4 Å². The third-order valence-electron chi connectivity index (χ3n) is 5.46. The average molecular weight is 407 g/mol. The molecule has 1 amide bonds. The monoisotopic (exact) mass is 407 g/mol. The first-order chi connectivity index (χ1) is 14.6. The average Bonchev–Trinajstić information content (AvgIpc) is 3.37. The minimum absolute atomic E-state index is 0.0246. The number of ether oxygens (including phenoxy) is 1. The minimum Gasteiger partial charge on any atom is -0.374 e. The molecule has 6 heteroatoms. The van der Waals surface area contributed by atoms with Crippen molar-refractivity contribution in [3.63, 3.8) is 0 Å². The summed E-state index contributed by atoms with van der Waals surface area (Å²) in [7, 11) is 0. The van der Waals surface area contributed by atoms with Crippen molar-refractivity contribution in [1.82, 2.24) is 15.1 Å². The smallest absolute Gasteiger partial charge is 0.272 e. The number of carbonyl (C=O) groups is 1.